The monoisotopic (exact) mass is 366 g/mol. The van der Waals surface area contributed by atoms with E-state index in [1.54, 1.807) is 30.3 Å². The van der Waals surface area contributed by atoms with Crippen molar-refractivity contribution in [1.82, 2.24) is 19.7 Å². The van der Waals surface area contributed by atoms with Crippen LogP contribution in [0.15, 0.2) is 42.9 Å². The Hall–Kier alpha value is -2.58. The van der Waals surface area contributed by atoms with Crippen LogP contribution in [0.3, 0.4) is 0 Å². The molecule has 0 saturated carbocycles. The zero-order valence-electron chi connectivity index (χ0n) is 12.8. The maximum atomic E-state index is 12.7. The fourth-order valence-corrected chi connectivity index (χ4v) is 2.48. The minimum atomic E-state index is -2.99. The van der Waals surface area contributed by atoms with Crippen molar-refractivity contribution in [2.24, 2.45) is 0 Å². The number of alkyl halides is 2. The fourth-order valence-electron chi connectivity index (χ4n) is 2.29. The Balaban J connectivity index is 1.97. The van der Waals surface area contributed by atoms with Crippen LogP contribution in [-0.2, 0) is 13.2 Å². The molecule has 0 bridgehead atoms. The summed E-state index contributed by atoms with van der Waals surface area (Å²) < 4.78 is 31.3. The Kier molecular flexibility index (Phi) is 5.20. The fraction of sp³-hybridized carbons (Fsp3) is 0.188. The van der Waals surface area contributed by atoms with Crippen molar-refractivity contribution in [3.05, 3.63) is 59.3 Å². The Bertz CT molecular complexity index is 873. The molecule has 1 N–H and O–H groups in total. The van der Waals surface area contributed by atoms with E-state index < -0.39 is 6.61 Å². The highest BCUT2D eigenvalue weighted by molar-refractivity contribution is 6.30. The lowest BCUT2D eigenvalue weighted by Crippen LogP contribution is -2.07. The predicted molar refractivity (Wildman–Crippen MR) is 86.4 cm³/mol. The number of halogens is 3. The Morgan fingerprint density at radius 1 is 1.24 bits per heavy atom. The lowest BCUT2D eigenvalue weighted by Gasteiger charge is -2.12. The third-order valence-corrected chi connectivity index (χ3v) is 3.55. The number of hydrogen-bond donors (Lipinski definition) is 1. The molecule has 0 aliphatic rings. The van der Waals surface area contributed by atoms with Crippen LogP contribution in [0.2, 0.25) is 5.02 Å². The average Bonchev–Trinajstić information content (AvgIpc) is 3.03. The van der Waals surface area contributed by atoms with Crippen molar-refractivity contribution in [2.45, 2.75) is 19.8 Å². The van der Waals surface area contributed by atoms with Crippen LogP contribution in [0.4, 0.5) is 8.78 Å². The average molecular weight is 367 g/mol. The van der Waals surface area contributed by atoms with Crippen LogP contribution in [0.1, 0.15) is 11.4 Å². The Morgan fingerprint density at radius 2 is 2.08 bits per heavy atom. The number of pyridine rings is 1. The first-order valence-electron chi connectivity index (χ1n) is 7.24. The summed E-state index contributed by atoms with van der Waals surface area (Å²) in [5.41, 5.74) is 1.70. The summed E-state index contributed by atoms with van der Waals surface area (Å²) in [6.07, 6.45) is 2.89. The molecule has 2 heterocycles. The van der Waals surface area contributed by atoms with Crippen LogP contribution in [0.5, 0.6) is 5.88 Å². The molecule has 3 rings (SSSR count). The van der Waals surface area contributed by atoms with Crippen LogP contribution in [0, 0.1) is 0 Å². The summed E-state index contributed by atoms with van der Waals surface area (Å²) in [6.45, 7) is -2.94. The molecule has 130 valence electrons. The summed E-state index contributed by atoms with van der Waals surface area (Å²) in [6, 6.07) is 8.43. The van der Waals surface area contributed by atoms with Crippen molar-refractivity contribution < 1.29 is 18.6 Å². The number of ether oxygens (including phenoxy) is 1. The van der Waals surface area contributed by atoms with Gasteiger partial charge in [-0.05, 0) is 29.3 Å². The molecule has 0 spiro atoms. The summed E-state index contributed by atoms with van der Waals surface area (Å²) in [5, 5.41) is 13.5. The Morgan fingerprint density at radius 3 is 2.76 bits per heavy atom. The van der Waals surface area contributed by atoms with Gasteiger partial charge in [-0.2, -0.15) is 13.9 Å². The minimum absolute atomic E-state index is 0.185. The Labute approximate surface area is 146 Å². The molecular formula is C16H13ClF2N4O2. The number of hydrogen-bond acceptors (Lipinski definition) is 5. The van der Waals surface area contributed by atoms with Gasteiger partial charge in [0, 0.05) is 16.8 Å². The van der Waals surface area contributed by atoms with Crippen molar-refractivity contribution in [3.63, 3.8) is 0 Å². The topological polar surface area (TPSA) is 73.1 Å². The van der Waals surface area contributed by atoms with Crippen molar-refractivity contribution in [3.8, 4) is 17.0 Å². The third kappa shape index (κ3) is 4.28. The number of rotatable bonds is 6. The van der Waals surface area contributed by atoms with E-state index in [2.05, 4.69) is 19.8 Å². The molecule has 0 fully saturated rings. The first-order chi connectivity index (χ1) is 12.0. The number of nitrogens with zero attached hydrogens (tertiary/aromatic N) is 4. The molecule has 9 heteroatoms. The lowest BCUT2D eigenvalue weighted by atomic mass is 10.1. The summed E-state index contributed by atoms with van der Waals surface area (Å²) in [7, 11) is 0. The highest BCUT2D eigenvalue weighted by Crippen LogP contribution is 2.31. The number of benzene rings is 1. The minimum Gasteiger partial charge on any atom is -0.416 e. The number of aliphatic hydroxyl groups is 1. The zero-order valence-corrected chi connectivity index (χ0v) is 13.6. The lowest BCUT2D eigenvalue weighted by molar-refractivity contribution is -0.0524. The van der Waals surface area contributed by atoms with E-state index in [1.807, 2.05) is 0 Å². The first-order valence-corrected chi connectivity index (χ1v) is 7.62. The highest BCUT2D eigenvalue weighted by Gasteiger charge is 2.15. The molecule has 0 aliphatic carbocycles. The van der Waals surface area contributed by atoms with Crippen LogP contribution in [-0.4, -0.2) is 31.5 Å². The van der Waals surface area contributed by atoms with Gasteiger partial charge in [-0.3, -0.25) is 0 Å². The van der Waals surface area contributed by atoms with E-state index in [9.17, 15) is 8.78 Å². The van der Waals surface area contributed by atoms with E-state index in [-0.39, 0.29) is 12.5 Å². The highest BCUT2D eigenvalue weighted by atomic mass is 35.5. The number of aliphatic hydroxyl groups excluding tert-OH is 1. The standard InChI is InChI=1S/C16H13ClF2N4O2/c17-12-3-1-2-11(5-12)13-4-10(6-20-15(13)25-16(18)19)7-23-9-21-14(8-24)22-23/h1-6,9,16,24H,7-8H2. The van der Waals surface area contributed by atoms with Gasteiger partial charge in [0.15, 0.2) is 5.82 Å². The molecule has 1 aromatic carbocycles. The largest absolute Gasteiger partial charge is 0.416 e. The van der Waals surface area contributed by atoms with Gasteiger partial charge >= 0.3 is 6.61 Å². The summed E-state index contributed by atoms with van der Waals surface area (Å²) in [5.74, 6) is 0.108. The second-order valence-electron chi connectivity index (χ2n) is 5.10. The summed E-state index contributed by atoms with van der Waals surface area (Å²) >= 11 is 5.99. The van der Waals surface area contributed by atoms with Gasteiger partial charge in [0.2, 0.25) is 5.88 Å². The van der Waals surface area contributed by atoms with Crippen LogP contribution >= 0.6 is 11.6 Å². The molecule has 0 aliphatic heterocycles. The second-order valence-corrected chi connectivity index (χ2v) is 5.54. The van der Waals surface area contributed by atoms with E-state index in [1.165, 1.54) is 17.2 Å². The van der Waals surface area contributed by atoms with Crippen molar-refractivity contribution in [2.75, 3.05) is 0 Å². The molecule has 3 aromatic rings. The van der Waals surface area contributed by atoms with Gasteiger partial charge in [-0.15, -0.1) is 0 Å². The summed E-state index contributed by atoms with van der Waals surface area (Å²) in [4.78, 5) is 7.91. The maximum Gasteiger partial charge on any atom is 0.388 e. The van der Waals surface area contributed by atoms with Crippen molar-refractivity contribution in [1.29, 1.82) is 0 Å². The maximum absolute atomic E-state index is 12.7. The van der Waals surface area contributed by atoms with Crippen LogP contribution in [0.25, 0.3) is 11.1 Å². The molecule has 0 saturated heterocycles. The van der Waals surface area contributed by atoms with Gasteiger partial charge in [0.1, 0.15) is 12.9 Å². The quantitative estimate of drug-likeness (QED) is 0.725. The molecule has 0 amide bonds. The molecule has 6 nitrogen and oxygen atoms in total. The van der Waals surface area contributed by atoms with Gasteiger partial charge in [0.25, 0.3) is 0 Å². The van der Waals surface area contributed by atoms with Gasteiger partial charge in [-0.1, -0.05) is 23.7 Å². The third-order valence-electron chi connectivity index (χ3n) is 3.31. The van der Waals surface area contributed by atoms with E-state index >= 15 is 0 Å². The second kappa shape index (κ2) is 7.54. The van der Waals surface area contributed by atoms with Crippen LogP contribution < -0.4 is 4.74 Å². The molecular weight excluding hydrogens is 354 g/mol. The van der Waals surface area contributed by atoms with Gasteiger partial charge < -0.3 is 9.84 Å². The molecule has 0 unspecified atom stereocenters. The zero-order chi connectivity index (χ0) is 17.8. The SMILES string of the molecule is OCc1ncn(Cc2cnc(OC(F)F)c(-c3cccc(Cl)c3)c2)n1. The molecule has 0 atom stereocenters. The van der Waals surface area contributed by atoms with Crippen molar-refractivity contribution >= 4 is 11.6 Å². The van der Waals surface area contributed by atoms with Gasteiger partial charge in [-0.25, -0.2) is 14.6 Å². The van der Waals surface area contributed by atoms with E-state index in [0.717, 1.165) is 0 Å². The smallest absolute Gasteiger partial charge is 0.388 e. The molecule has 25 heavy (non-hydrogen) atoms. The molecule has 2 aromatic heterocycles. The number of aromatic nitrogens is 4. The van der Waals surface area contributed by atoms with E-state index in [0.29, 0.717) is 34.1 Å². The molecule has 0 radical (unpaired) electrons. The van der Waals surface area contributed by atoms with E-state index in [4.69, 9.17) is 16.7 Å². The first kappa shape index (κ1) is 17.2. The van der Waals surface area contributed by atoms with Gasteiger partial charge in [0.05, 0.1) is 6.54 Å². The normalized spacial score (nSPS) is 11.1. The predicted octanol–water partition coefficient (Wildman–Crippen LogP) is 3.14.